The first-order chi connectivity index (χ1) is 9.72. The van der Waals surface area contributed by atoms with Crippen LogP contribution in [0, 0.1) is 5.92 Å². The molecule has 3 nitrogen and oxygen atoms in total. The van der Waals surface area contributed by atoms with Crippen LogP contribution in [-0.2, 0) is 0 Å². The molecule has 0 heterocycles. The Morgan fingerprint density at radius 2 is 2.00 bits per heavy atom. The van der Waals surface area contributed by atoms with Gasteiger partial charge in [-0.05, 0) is 61.8 Å². The summed E-state index contributed by atoms with van der Waals surface area (Å²) in [6.45, 7) is 3.48. The Balaban J connectivity index is 1.62. The monoisotopic (exact) mass is 277 g/mol. The third-order valence-corrected chi connectivity index (χ3v) is 4.34. The first kappa shape index (κ1) is 15.3. The van der Waals surface area contributed by atoms with Gasteiger partial charge < -0.3 is 15.2 Å². The topological polar surface area (TPSA) is 41.5 Å². The summed E-state index contributed by atoms with van der Waals surface area (Å²) >= 11 is 0. The molecule has 3 heteroatoms. The molecule has 1 aliphatic carbocycles. The van der Waals surface area contributed by atoms with Gasteiger partial charge >= 0.3 is 0 Å². The Morgan fingerprint density at radius 3 is 2.60 bits per heavy atom. The molecule has 0 bridgehead atoms. The predicted octanol–water partition coefficient (Wildman–Crippen LogP) is 2.94. The van der Waals surface area contributed by atoms with Crippen molar-refractivity contribution in [2.45, 2.75) is 44.6 Å². The molecule has 1 aromatic carbocycles. The van der Waals surface area contributed by atoms with Crippen LogP contribution < -0.4 is 10.1 Å². The highest BCUT2D eigenvalue weighted by Crippen LogP contribution is 2.37. The van der Waals surface area contributed by atoms with Gasteiger partial charge in [-0.1, -0.05) is 19.1 Å². The van der Waals surface area contributed by atoms with E-state index in [0.717, 1.165) is 25.1 Å². The fraction of sp³-hybridized carbons (Fsp3) is 0.647. The quantitative estimate of drug-likeness (QED) is 0.718. The summed E-state index contributed by atoms with van der Waals surface area (Å²) in [7, 11) is 1.70. The summed E-state index contributed by atoms with van der Waals surface area (Å²) in [4.78, 5) is 0. The molecule has 0 aromatic heterocycles. The SMILES string of the molecule is COc1ccc(C2CC(NCCCC(C)CO)C2)cc1. The summed E-state index contributed by atoms with van der Waals surface area (Å²) in [5.74, 6) is 2.07. The maximum Gasteiger partial charge on any atom is 0.118 e. The van der Waals surface area contributed by atoms with Crippen LogP contribution in [0.15, 0.2) is 24.3 Å². The second-order valence-corrected chi connectivity index (χ2v) is 6.02. The number of hydrogen-bond acceptors (Lipinski definition) is 3. The molecule has 0 spiro atoms. The predicted molar refractivity (Wildman–Crippen MR) is 82.2 cm³/mol. The molecule has 1 aromatic rings. The molecule has 1 aliphatic rings. The zero-order valence-corrected chi connectivity index (χ0v) is 12.6. The lowest BCUT2D eigenvalue weighted by atomic mass is 9.76. The number of aliphatic hydroxyl groups excluding tert-OH is 1. The van der Waals surface area contributed by atoms with Gasteiger partial charge in [0.1, 0.15) is 5.75 Å². The lowest BCUT2D eigenvalue weighted by Gasteiger charge is -2.36. The van der Waals surface area contributed by atoms with Crippen LogP contribution in [-0.4, -0.2) is 31.4 Å². The minimum atomic E-state index is 0.309. The van der Waals surface area contributed by atoms with E-state index in [-0.39, 0.29) is 0 Å². The summed E-state index contributed by atoms with van der Waals surface area (Å²) in [6.07, 6.45) is 4.74. The molecular weight excluding hydrogens is 250 g/mol. The molecule has 1 unspecified atom stereocenters. The highest BCUT2D eigenvalue weighted by atomic mass is 16.5. The van der Waals surface area contributed by atoms with Gasteiger partial charge in [0.15, 0.2) is 0 Å². The Hall–Kier alpha value is -1.06. The molecule has 0 radical (unpaired) electrons. The summed E-state index contributed by atoms with van der Waals surface area (Å²) in [6, 6.07) is 9.14. The first-order valence-corrected chi connectivity index (χ1v) is 7.71. The van der Waals surface area contributed by atoms with Crippen LogP contribution in [0.2, 0.25) is 0 Å². The van der Waals surface area contributed by atoms with Crippen LogP contribution in [0.5, 0.6) is 5.75 Å². The lowest BCUT2D eigenvalue weighted by molar-refractivity contribution is 0.225. The van der Waals surface area contributed by atoms with Crippen LogP contribution in [0.3, 0.4) is 0 Å². The van der Waals surface area contributed by atoms with E-state index < -0.39 is 0 Å². The minimum absolute atomic E-state index is 0.309. The largest absolute Gasteiger partial charge is 0.497 e. The normalized spacial score (nSPS) is 23.1. The van der Waals surface area contributed by atoms with Crippen molar-refractivity contribution < 1.29 is 9.84 Å². The molecule has 0 saturated heterocycles. The first-order valence-electron chi connectivity index (χ1n) is 7.71. The van der Waals surface area contributed by atoms with Gasteiger partial charge in [0.25, 0.3) is 0 Å². The van der Waals surface area contributed by atoms with E-state index in [1.165, 1.54) is 18.4 Å². The second kappa shape index (κ2) is 7.65. The van der Waals surface area contributed by atoms with Crippen molar-refractivity contribution in [3.8, 4) is 5.75 Å². The van der Waals surface area contributed by atoms with Crippen molar-refractivity contribution in [3.05, 3.63) is 29.8 Å². The number of benzene rings is 1. The second-order valence-electron chi connectivity index (χ2n) is 6.02. The molecule has 0 amide bonds. The highest BCUT2D eigenvalue weighted by Gasteiger charge is 2.29. The summed E-state index contributed by atoms with van der Waals surface area (Å²) in [5, 5.41) is 12.6. The average Bonchev–Trinajstić information content (AvgIpc) is 2.45. The van der Waals surface area contributed by atoms with Gasteiger partial charge in [-0.15, -0.1) is 0 Å². The van der Waals surface area contributed by atoms with Gasteiger partial charge in [-0.2, -0.15) is 0 Å². The Kier molecular flexibility index (Phi) is 5.86. The maximum absolute atomic E-state index is 8.97. The molecule has 0 aliphatic heterocycles. The Morgan fingerprint density at radius 1 is 1.30 bits per heavy atom. The zero-order valence-electron chi connectivity index (χ0n) is 12.6. The summed E-state index contributed by atoms with van der Waals surface area (Å²) in [5.41, 5.74) is 1.43. The van der Waals surface area contributed by atoms with E-state index in [1.807, 2.05) is 12.1 Å². The maximum atomic E-state index is 8.97. The van der Waals surface area contributed by atoms with Crippen LogP contribution in [0.25, 0.3) is 0 Å². The minimum Gasteiger partial charge on any atom is -0.497 e. The van der Waals surface area contributed by atoms with Crippen molar-refractivity contribution >= 4 is 0 Å². The van der Waals surface area contributed by atoms with Gasteiger partial charge in [0.2, 0.25) is 0 Å². The van der Waals surface area contributed by atoms with Crippen LogP contribution in [0.4, 0.5) is 0 Å². The number of rotatable bonds is 8. The van der Waals surface area contributed by atoms with Crippen molar-refractivity contribution in [1.29, 1.82) is 0 Å². The molecule has 2 rings (SSSR count). The average molecular weight is 277 g/mol. The molecular formula is C17H27NO2. The summed E-state index contributed by atoms with van der Waals surface area (Å²) < 4.78 is 5.19. The number of aliphatic hydroxyl groups is 1. The third-order valence-electron chi connectivity index (χ3n) is 4.34. The van der Waals surface area contributed by atoms with Gasteiger partial charge in [-0.25, -0.2) is 0 Å². The van der Waals surface area contributed by atoms with E-state index in [2.05, 4.69) is 24.4 Å². The highest BCUT2D eigenvalue weighted by molar-refractivity contribution is 5.30. The number of hydrogen-bond donors (Lipinski definition) is 2. The fourth-order valence-electron chi connectivity index (χ4n) is 2.78. The van der Waals surface area contributed by atoms with Gasteiger partial charge in [-0.3, -0.25) is 0 Å². The molecule has 1 fully saturated rings. The van der Waals surface area contributed by atoms with Gasteiger partial charge in [0, 0.05) is 12.6 Å². The van der Waals surface area contributed by atoms with Crippen molar-refractivity contribution in [3.63, 3.8) is 0 Å². The third kappa shape index (κ3) is 4.22. The zero-order chi connectivity index (χ0) is 14.4. The number of nitrogens with one attached hydrogen (secondary N) is 1. The molecule has 1 atom stereocenters. The van der Waals surface area contributed by atoms with Crippen LogP contribution in [0.1, 0.15) is 44.1 Å². The fourth-order valence-corrected chi connectivity index (χ4v) is 2.78. The van der Waals surface area contributed by atoms with Crippen LogP contribution >= 0.6 is 0 Å². The van der Waals surface area contributed by atoms with E-state index >= 15 is 0 Å². The molecule has 20 heavy (non-hydrogen) atoms. The molecule has 112 valence electrons. The smallest absolute Gasteiger partial charge is 0.118 e. The number of ether oxygens (including phenoxy) is 1. The van der Waals surface area contributed by atoms with Crippen molar-refractivity contribution in [1.82, 2.24) is 5.32 Å². The lowest BCUT2D eigenvalue weighted by Crippen LogP contribution is -2.40. The van der Waals surface area contributed by atoms with E-state index in [0.29, 0.717) is 24.5 Å². The van der Waals surface area contributed by atoms with E-state index in [1.54, 1.807) is 7.11 Å². The standard InChI is InChI=1S/C17H27NO2/c1-13(12-19)4-3-9-18-16-10-15(11-16)14-5-7-17(20-2)8-6-14/h5-8,13,15-16,18-19H,3-4,9-12H2,1-2H3. The molecule has 1 saturated carbocycles. The Labute approximate surface area is 122 Å². The van der Waals surface area contributed by atoms with Crippen molar-refractivity contribution in [2.75, 3.05) is 20.3 Å². The van der Waals surface area contributed by atoms with E-state index in [9.17, 15) is 0 Å². The van der Waals surface area contributed by atoms with Crippen molar-refractivity contribution in [2.24, 2.45) is 5.92 Å². The van der Waals surface area contributed by atoms with E-state index in [4.69, 9.17) is 9.84 Å². The molecule has 2 N–H and O–H groups in total. The number of methoxy groups -OCH3 is 1. The Bertz CT molecular complexity index is 384. The van der Waals surface area contributed by atoms with Gasteiger partial charge in [0.05, 0.1) is 7.11 Å².